The summed E-state index contributed by atoms with van der Waals surface area (Å²) in [7, 11) is 1.92. The summed E-state index contributed by atoms with van der Waals surface area (Å²) in [6.07, 6.45) is 5.34. The Morgan fingerprint density at radius 3 is 2.81 bits per heavy atom. The molecule has 0 spiro atoms. The minimum atomic E-state index is 0.693. The molecule has 1 aromatic carbocycles. The molecule has 0 unspecified atom stereocenters. The average molecular weight is 341 g/mol. The monoisotopic (exact) mass is 341 g/mol. The normalized spacial score (nSPS) is 11.3. The van der Waals surface area contributed by atoms with Gasteiger partial charge in [0.2, 0.25) is 0 Å². The first kappa shape index (κ1) is 14.6. The molecule has 0 saturated carbocycles. The maximum absolute atomic E-state index is 4.55. The van der Waals surface area contributed by atoms with Crippen molar-refractivity contribution in [3.8, 4) is 11.4 Å². The van der Waals surface area contributed by atoms with E-state index in [1.165, 1.54) is 0 Å². The van der Waals surface area contributed by atoms with E-state index in [0.717, 1.165) is 39.1 Å². The number of benzene rings is 1. The lowest BCUT2D eigenvalue weighted by Crippen LogP contribution is -1.96. The van der Waals surface area contributed by atoms with Crippen LogP contribution >= 0.6 is 0 Å². The number of nitrogens with one attached hydrogen (secondary N) is 2. The molecule has 2 N–H and O–H groups in total. The third-order valence-corrected chi connectivity index (χ3v) is 4.43. The fourth-order valence-electron chi connectivity index (χ4n) is 3.16. The quantitative estimate of drug-likeness (QED) is 0.523. The summed E-state index contributed by atoms with van der Waals surface area (Å²) >= 11 is 0. The van der Waals surface area contributed by atoms with Crippen molar-refractivity contribution in [2.24, 2.45) is 7.05 Å². The molecule has 0 aliphatic carbocycles. The van der Waals surface area contributed by atoms with Crippen molar-refractivity contribution in [2.75, 3.05) is 5.32 Å². The van der Waals surface area contributed by atoms with Crippen LogP contribution in [0.3, 0.4) is 0 Å². The standard InChI is InChI=1S/C19H15N7/c1-26-16(7-10-22-26)17-14-5-4-13(11-12(14)6-9-20-17)23-19-15-3-2-8-21-18(15)24-25-19/h2-11H,1H3,(H2,21,23,24,25). The summed E-state index contributed by atoms with van der Waals surface area (Å²) in [6, 6.07) is 14.1. The Labute approximate surface area is 148 Å². The smallest absolute Gasteiger partial charge is 0.183 e. The van der Waals surface area contributed by atoms with Gasteiger partial charge in [-0.2, -0.15) is 10.2 Å². The van der Waals surface area contributed by atoms with Crippen LogP contribution < -0.4 is 5.32 Å². The van der Waals surface area contributed by atoms with E-state index in [4.69, 9.17) is 0 Å². The zero-order chi connectivity index (χ0) is 17.5. The number of H-pyrrole nitrogens is 1. The van der Waals surface area contributed by atoms with Crippen molar-refractivity contribution >= 4 is 33.3 Å². The van der Waals surface area contributed by atoms with E-state index in [0.29, 0.717) is 5.65 Å². The molecule has 0 fully saturated rings. The minimum Gasteiger partial charge on any atom is -0.340 e. The van der Waals surface area contributed by atoms with Gasteiger partial charge >= 0.3 is 0 Å². The number of fused-ring (bicyclic) bond motifs is 2. The molecule has 5 rings (SSSR count). The molecular weight excluding hydrogens is 326 g/mol. The van der Waals surface area contributed by atoms with Crippen molar-refractivity contribution in [2.45, 2.75) is 0 Å². The summed E-state index contributed by atoms with van der Waals surface area (Å²) in [6.45, 7) is 0. The van der Waals surface area contributed by atoms with Crippen molar-refractivity contribution in [1.82, 2.24) is 29.9 Å². The van der Waals surface area contributed by atoms with Crippen molar-refractivity contribution < 1.29 is 0 Å². The Hall–Kier alpha value is -3.74. The molecule has 0 amide bonds. The van der Waals surface area contributed by atoms with Gasteiger partial charge in [-0.05, 0) is 41.8 Å². The van der Waals surface area contributed by atoms with Gasteiger partial charge in [-0.1, -0.05) is 6.07 Å². The number of aromatic amines is 1. The Bertz CT molecular complexity index is 1240. The van der Waals surface area contributed by atoms with E-state index < -0.39 is 0 Å². The van der Waals surface area contributed by atoms with Gasteiger partial charge in [0.05, 0.1) is 16.8 Å². The molecule has 0 aliphatic rings. The topological polar surface area (TPSA) is 84.3 Å². The highest BCUT2D eigenvalue weighted by atomic mass is 15.3. The van der Waals surface area contributed by atoms with Crippen LogP contribution in [0.2, 0.25) is 0 Å². The summed E-state index contributed by atoms with van der Waals surface area (Å²) in [4.78, 5) is 8.79. The summed E-state index contributed by atoms with van der Waals surface area (Å²) in [5, 5.41) is 18.0. The lowest BCUT2D eigenvalue weighted by molar-refractivity contribution is 0.774. The van der Waals surface area contributed by atoms with Gasteiger partial charge < -0.3 is 5.32 Å². The van der Waals surface area contributed by atoms with E-state index >= 15 is 0 Å². The van der Waals surface area contributed by atoms with E-state index in [-0.39, 0.29) is 0 Å². The zero-order valence-corrected chi connectivity index (χ0v) is 14.0. The van der Waals surface area contributed by atoms with Crippen LogP contribution in [-0.2, 0) is 7.05 Å². The fraction of sp³-hybridized carbons (Fsp3) is 0.0526. The minimum absolute atomic E-state index is 0.693. The lowest BCUT2D eigenvalue weighted by atomic mass is 10.1. The lowest BCUT2D eigenvalue weighted by Gasteiger charge is -2.09. The third-order valence-electron chi connectivity index (χ3n) is 4.43. The van der Waals surface area contributed by atoms with Crippen LogP contribution in [0.5, 0.6) is 0 Å². The predicted molar refractivity (Wildman–Crippen MR) is 101 cm³/mol. The van der Waals surface area contributed by atoms with Crippen LogP contribution in [0.1, 0.15) is 0 Å². The van der Waals surface area contributed by atoms with Gasteiger partial charge in [-0.25, -0.2) is 4.98 Å². The number of anilines is 2. The molecule has 0 atom stereocenters. The van der Waals surface area contributed by atoms with Gasteiger partial charge in [-0.3, -0.25) is 14.8 Å². The van der Waals surface area contributed by atoms with E-state index in [1.54, 1.807) is 12.4 Å². The molecule has 5 aromatic rings. The number of aromatic nitrogens is 6. The van der Waals surface area contributed by atoms with Crippen LogP contribution in [0, 0.1) is 0 Å². The van der Waals surface area contributed by atoms with Crippen LogP contribution in [0.25, 0.3) is 33.2 Å². The molecular formula is C19H15N7. The molecule has 4 heterocycles. The van der Waals surface area contributed by atoms with Gasteiger partial charge in [0.1, 0.15) is 5.82 Å². The maximum Gasteiger partial charge on any atom is 0.183 e. The molecule has 0 aliphatic heterocycles. The summed E-state index contributed by atoms with van der Waals surface area (Å²) < 4.78 is 1.83. The van der Waals surface area contributed by atoms with Gasteiger partial charge in [-0.15, -0.1) is 0 Å². The second kappa shape index (κ2) is 5.66. The third kappa shape index (κ3) is 2.29. The predicted octanol–water partition coefficient (Wildman–Crippen LogP) is 3.65. The molecule has 4 aromatic heterocycles. The van der Waals surface area contributed by atoms with E-state index in [2.05, 4.69) is 42.7 Å². The van der Waals surface area contributed by atoms with Gasteiger partial charge in [0.15, 0.2) is 5.65 Å². The number of rotatable bonds is 3. The number of hydrogen-bond acceptors (Lipinski definition) is 5. The second-order valence-corrected chi connectivity index (χ2v) is 6.03. The number of hydrogen-bond donors (Lipinski definition) is 2. The van der Waals surface area contributed by atoms with Crippen molar-refractivity contribution in [1.29, 1.82) is 0 Å². The highest BCUT2D eigenvalue weighted by Gasteiger charge is 2.10. The molecule has 0 bridgehead atoms. The number of pyridine rings is 2. The van der Waals surface area contributed by atoms with E-state index in [1.807, 2.05) is 48.3 Å². The molecule has 26 heavy (non-hydrogen) atoms. The van der Waals surface area contributed by atoms with Crippen LogP contribution in [0.4, 0.5) is 11.5 Å². The van der Waals surface area contributed by atoms with Crippen molar-refractivity contribution in [3.63, 3.8) is 0 Å². The van der Waals surface area contributed by atoms with Gasteiger partial charge in [0, 0.05) is 36.7 Å². The SMILES string of the molecule is Cn1nccc1-c1nccc2cc(Nc3[nH]nc4ncccc34)ccc12. The Balaban J connectivity index is 1.58. The Morgan fingerprint density at radius 1 is 0.962 bits per heavy atom. The Kier molecular flexibility index (Phi) is 3.18. The first-order valence-electron chi connectivity index (χ1n) is 8.23. The van der Waals surface area contributed by atoms with E-state index in [9.17, 15) is 0 Å². The first-order chi connectivity index (χ1) is 12.8. The molecule has 7 heteroatoms. The summed E-state index contributed by atoms with van der Waals surface area (Å²) in [5.74, 6) is 0.827. The first-order valence-corrected chi connectivity index (χ1v) is 8.23. The highest BCUT2D eigenvalue weighted by molar-refractivity contribution is 5.96. The van der Waals surface area contributed by atoms with Crippen molar-refractivity contribution in [3.05, 3.63) is 61.1 Å². The molecule has 126 valence electrons. The second-order valence-electron chi connectivity index (χ2n) is 6.03. The van der Waals surface area contributed by atoms with Crippen LogP contribution in [0.15, 0.2) is 61.1 Å². The highest BCUT2D eigenvalue weighted by Crippen LogP contribution is 2.29. The zero-order valence-electron chi connectivity index (χ0n) is 14.0. The Morgan fingerprint density at radius 2 is 1.92 bits per heavy atom. The maximum atomic E-state index is 4.55. The molecule has 0 saturated heterocycles. The number of aryl methyl sites for hydroxylation is 1. The molecule has 7 nitrogen and oxygen atoms in total. The number of nitrogens with zero attached hydrogens (tertiary/aromatic N) is 5. The largest absolute Gasteiger partial charge is 0.340 e. The summed E-state index contributed by atoms with van der Waals surface area (Å²) in [5.41, 5.74) is 3.57. The van der Waals surface area contributed by atoms with Gasteiger partial charge in [0.25, 0.3) is 0 Å². The van der Waals surface area contributed by atoms with Crippen LogP contribution in [-0.4, -0.2) is 29.9 Å². The average Bonchev–Trinajstić information content (AvgIpc) is 3.28. The fourth-order valence-corrected chi connectivity index (χ4v) is 3.16. The molecule has 0 radical (unpaired) electrons.